The summed E-state index contributed by atoms with van der Waals surface area (Å²) in [6.45, 7) is 1.88. The number of hydrogen-bond donors (Lipinski definition) is 2. The fourth-order valence-corrected chi connectivity index (χ4v) is 3.62. The monoisotopic (exact) mass is 418 g/mol. The molecule has 2 N–H and O–H groups in total. The van der Waals surface area contributed by atoms with E-state index in [9.17, 15) is 14.3 Å². The number of rotatable bonds is 5. The van der Waals surface area contributed by atoms with E-state index in [1.54, 1.807) is 24.1 Å². The van der Waals surface area contributed by atoms with E-state index in [1.807, 2.05) is 60.7 Å². The Kier molecular flexibility index (Phi) is 6.00. The van der Waals surface area contributed by atoms with Crippen LogP contribution in [0.25, 0.3) is 0 Å². The molecule has 0 saturated heterocycles. The smallest absolute Gasteiger partial charge is 0.339 e. The maximum Gasteiger partial charge on any atom is 0.339 e. The van der Waals surface area contributed by atoms with Crippen molar-refractivity contribution in [2.45, 2.75) is 25.6 Å². The number of ether oxygens (including phenoxy) is 1. The zero-order valence-electron chi connectivity index (χ0n) is 17.0. The van der Waals surface area contributed by atoms with Crippen LogP contribution < -0.4 is 10.4 Å². The molecule has 31 heavy (non-hydrogen) atoms. The number of anilines is 1. The number of hydrazine groups is 1. The lowest BCUT2D eigenvalue weighted by Gasteiger charge is -2.40. The minimum Gasteiger partial charge on any atom is -0.509 e. The molecule has 5 nitrogen and oxygen atoms in total. The Hall–Kier alpha value is -3.64. The summed E-state index contributed by atoms with van der Waals surface area (Å²) in [4.78, 5) is 13.0. The molecular formula is C25H23FN2O3. The van der Waals surface area contributed by atoms with Gasteiger partial charge in [-0.15, -0.1) is 0 Å². The van der Waals surface area contributed by atoms with Gasteiger partial charge in [0.2, 0.25) is 0 Å². The lowest BCUT2D eigenvalue weighted by molar-refractivity contribution is -0.141. The molecule has 0 saturated carbocycles. The van der Waals surface area contributed by atoms with Crippen LogP contribution in [0.5, 0.6) is 0 Å². The minimum atomic E-state index is -0.708. The molecule has 2 atom stereocenters. The zero-order valence-corrected chi connectivity index (χ0v) is 17.0. The molecule has 0 aromatic heterocycles. The topological polar surface area (TPSA) is 61.8 Å². The average molecular weight is 418 g/mol. The van der Waals surface area contributed by atoms with Gasteiger partial charge in [0.25, 0.3) is 0 Å². The molecule has 6 heteroatoms. The third-order valence-electron chi connectivity index (χ3n) is 5.29. The lowest BCUT2D eigenvalue weighted by Crippen LogP contribution is -2.53. The first-order chi connectivity index (χ1) is 15.0. The molecular weight excluding hydrogens is 395 g/mol. The van der Waals surface area contributed by atoms with Crippen molar-refractivity contribution in [1.29, 1.82) is 0 Å². The van der Waals surface area contributed by atoms with E-state index in [2.05, 4.69) is 5.43 Å². The molecule has 1 aliphatic rings. The van der Waals surface area contributed by atoms with E-state index < -0.39 is 18.1 Å². The quantitative estimate of drug-likeness (QED) is 0.581. The van der Waals surface area contributed by atoms with Crippen LogP contribution in [0.4, 0.5) is 10.1 Å². The normalized spacial score (nSPS) is 18.7. The van der Waals surface area contributed by atoms with Crippen molar-refractivity contribution in [1.82, 2.24) is 5.43 Å². The predicted molar refractivity (Wildman–Crippen MR) is 117 cm³/mol. The highest BCUT2D eigenvalue weighted by atomic mass is 19.1. The molecule has 0 spiro atoms. The van der Waals surface area contributed by atoms with Crippen molar-refractivity contribution in [3.8, 4) is 0 Å². The van der Waals surface area contributed by atoms with Crippen molar-refractivity contribution in [3.63, 3.8) is 0 Å². The van der Waals surface area contributed by atoms with Gasteiger partial charge < -0.3 is 9.84 Å². The molecule has 158 valence electrons. The summed E-state index contributed by atoms with van der Waals surface area (Å²) in [6, 6.07) is 23.4. The number of halogens is 1. The van der Waals surface area contributed by atoms with Gasteiger partial charge in [-0.25, -0.2) is 14.6 Å². The number of esters is 1. The zero-order chi connectivity index (χ0) is 21.8. The lowest BCUT2D eigenvalue weighted by atomic mass is 9.93. The van der Waals surface area contributed by atoms with Crippen LogP contribution in [-0.4, -0.2) is 17.1 Å². The predicted octanol–water partition coefficient (Wildman–Crippen LogP) is 4.84. The van der Waals surface area contributed by atoms with Gasteiger partial charge in [-0.3, -0.25) is 5.01 Å². The Balaban J connectivity index is 1.69. The molecule has 0 bridgehead atoms. The number of carbonyl (C=O) groups excluding carboxylic acids is 1. The number of aliphatic hydroxyl groups is 1. The molecule has 3 aromatic rings. The number of aliphatic hydroxyl groups excluding tert-OH is 1. The van der Waals surface area contributed by atoms with Gasteiger partial charge >= 0.3 is 5.97 Å². The van der Waals surface area contributed by atoms with Crippen molar-refractivity contribution in [3.05, 3.63) is 113 Å². The van der Waals surface area contributed by atoms with Crippen molar-refractivity contribution < 1.29 is 19.0 Å². The van der Waals surface area contributed by atoms with Crippen LogP contribution in [0.2, 0.25) is 0 Å². The van der Waals surface area contributed by atoms with E-state index in [4.69, 9.17) is 4.74 Å². The Labute approximate surface area is 180 Å². The number of carbonyl (C=O) groups is 1. The second-order valence-electron chi connectivity index (χ2n) is 7.36. The van der Waals surface area contributed by atoms with Gasteiger partial charge in [0.05, 0.1) is 17.3 Å². The van der Waals surface area contributed by atoms with Crippen LogP contribution in [-0.2, 0) is 16.1 Å². The first-order valence-corrected chi connectivity index (χ1v) is 10.0. The summed E-state index contributed by atoms with van der Waals surface area (Å²) < 4.78 is 19.0. The number of benzene rings is 3. The number of nitrogens with one attached hydrogen (secondary N) is 1. The van der Waals surface area contributed by atoms with E-state index in [0.29, 0.717) is 5.56 Å². The molecule has 0 radical (unpaired) electrons. The SMILES string of the molecule is C[C@@H]1C(O)=C(C(=O)OCc2ccccc2)[C@H](c2ccc(F)cc2)NN1c1ccccc1. The molecule has 0 unspecified atom stereocenters. The number of para-hydroxylation sites is 1. The standard InChI is InChI=1S/C25H23FN2O3/c1-17-24(29)22(25(30)31-16-18-8-4-2-5-9-18)23(19-12-14-20(26)15-13-19)27-28(17)21-10-6-3-7-11-21/h2-15,17,23,27,29H,16H2,1H3/t17-,23+/m1/s1. The molecule has 3 aromatic carbocycles. The van der Waals surface area contributed by atoms with Crippen molar-refractivity contribution in [2.24, 2.45) is 0 Å². The molecule has 0 aliphatic carbocycles. The van der Waals surface area contributed by atoms with Crippen LogP contribution in [0.1, 0.15) is 24.1 Å². The summed E-state index contributed by atoms with van der Waals surface area (Å²) in [7, 11) is 0. The van der Waals surface area contributed by atoms with E-state index >= 15 is 0 Å². The average Bonchev–Trinajstić information content (AvgIpc) is 2.81. The highest BCUT2D eigenvalue weighted by molar-refractivity contribution is 5.91. The Morgan fingerprint density at radius 2 is 1.61 bits per heavy atom. The van der Waals surface area contributed by atoms with E-state index in [-0.39, 0.29) is 23.8 Å². The largest absolute Gasteiger partial charge is 0.509 e. The van der Waals surface area contributed by atoms with E-state index in [0.717, 1.165) is 11.3 Å². The highest BCUT2D eigenvalue weighted by Crippen LogP contribution is 2.34. The van der Waals surface area contributed by atoms with Gasteiger partial charge in [0.15, 0.2) is 0 Å². The number of nitrogens with zero attached hydrogens (tertiary/aromatic N) is 1. The van der Waals surface area contributed by atoms with Gasteiger partial charge in [0, 0.05) is 0 Å². The number of hydrogen-bond acceptors (Lipinski definition) is 5. The Morgan fingerprint density at radius 1 is 1.00 bits per heavy atom. The molecule has 1 aliphatic heterocycles. The van der Waals surface area contributed by atoms with Crippen molar-refractivity contribution >= 4 is 11.7 Å². The Bertz CT molecular complexity index is 1070. The first-order valence-electron chi connectivity index (χ1n) is 10.0. The summed E-state index contributed by atoms with van der Waals surface area (Å²) in [5.74, 6) is -1.09. The van der Waals surface area contributed by atoms with Crippen molar-refractivity contribution in [2.75, 3.05) is 5.01 Å². The maximum atomic E-state index is 13.5. The fourth-order valence-electron chi connectivity index (χ4n) is 3.62. The van der Waals surface area contributed by atoms with Crippen LogP contribution in [0.3, 0.4) is 0 Å². The maximum absolute atomic E-state index is 13.5. The third kappa shape index (κ3) is 4.44. The van der Waals surface area contributed by atoms with E-state index in [1.165, 1.54) is 12.1 Å². The molecule has 4 rings (SSSR count). The first kappa shape index (κ1) is 20.6. The molecule has 1 heterocycles. The summed E-state index contributed by atoms with van der Waals surface area (Å²) >= 11 is 0. The fraction of sp³-hybridized carbons (Fsp3) is 0.160. The van der Waals surface area contributed by atoms with Crippen LogP contribution >= 0.6 is 0 Å². The summed E-state index contributed by atoms with van der Waals surface area (Å²) in [5, 5.41) is 12.8. The molecule has 0 amide bonds. The highest BCUT2D eigenvalue weighted by Gasteiger charge is 2.38. The third-order valence-corrected chi connectivity index (χ3v) is 5.29. The van der Waals surface area contributed by atoms with Gasteiger partial charge in [-0.2, -0.15) is 0 Å². The second-order valence-corrected chi connectivity index (χ2v) is 7.36. The second kappa shape index (κ2) is 9.02. The van der Waals surface area contributed by atoms with Gasteiger partial charge in [-0.1, -0.05) is 60.7 Å². The van der Waals surface area contributed by atoms with Gasteiger partial charge in [0.1, 0.15) is 24.2 Å². The van der Waals surface area contributed by atoms with Crippen LogP contribution in [0, 0.1) is 5.82 Å². The Morgan fingerprint density at radius 3 is 2.26 bits per heavy atom. The van der Waals surface area contributed by atoms with Crippen LogP contribution in [0.15, 0.2) is 96.3 Å². The van der Waals surface area contributed by atoms with Gasteiger partial charge in [-0.05, 0) is 42.3 Å². The summed E-state index contributed by atoms with van der Waals surface area (Å²) in [6.07, 6.45) is 0. The summed E-state index contributed by atoms with van der Waals surface area (Å²) in [5.41, 5.74) is 5.72. The molecule has 0 fully saturated rings. The minimum absolute atomic E-state index is 0.0867.